The number of fused-ring (bicyclic) bond motifs is 1. The van der Waals surface area contributed by atoms with Crippen molar-refractivity contribution in [1.82, 2.24) is 25.1 Å². The van der Waals surface area contributed by atoms with Crippen molar-refractivity contribution in [3.8, 4) is 0 Å². The second kappa shape index (κ2) is 11.2. The molecule has 0 aliphatic carbocycles. The lowest BCUT2D eigenvalue weighted by Gasteiger charge is -2.40. The number of nitrogens with one attached hydrogen (secondary N) is 2. The van der Waals surface area contributed by atoms with Gasteiger partial charge in [0.25, 0.3) is 0 Å². The number of carboxylic acid groups (broad SMARTS) is 1. The van der Waals surface area contributed by atoms with Crippen LogP contribution >= 0.6 is 0 Å². The fraction of sp³-hybridized carbons (Fsp3) is 0.556. The fourth-order valence-corrected chi connectivity index (χ4v) is 5.52. The lowest BCUT2D eigenvalue weighted by atomic mass is 9.93. The van der Waals surface area contributed by atoms with Crippen LogP contribution in [0.1, 0.15) is 48.6 Å². The van der Waals surface area contributed by atoms with Crippen molar-refractivity contribution in [2.45, 2.75) is 50.5 Å². The largest absolute Gasteiger partial charge is 0.480 e. The fourth-order valence-electron chi connectivity index (χ4n) is 5.52. The van der Waals surface area contributed by atoms with Crippen molar-refractivity contribution in [2.24, 2.45) is 5.92 Å². The summed E-state index contributed by atoms with van der Waals surface area (Å²) in [7, 11) is 0. The molecule has 3 aliphatic heterocycles. The molecule has 0 radical (unpaired) electrons. The summed E-state index contributed by atoms with van der Waals surface area (Å²) in [5, 5.41) is 15.8. The van der Waals surface area contributed by atoms with Crippen LogP contribution in [0.4, 0.5) is 10.6 Å². The molecule has 2 aromatic rings. The number of urea groups is 1. The zero-order valence-electron chi connectivity index (χ0n) is 20.7. The Balaban J connectivity index is 1.02. The van der Waals surface area contributed by atoms with Gasteiger partial charge in [-0.2, -0.15) is 0 Å². The molecule has 0 bridgehead atoms. The molecule has 2 amide bonds. The smallest absolute Gasteiger partial charge is 0.326 e. The molecular formula is C27H36N6O3. The van der Waals surface area contributed by atoms with Crippen molar-refractivity contribution in [2.75, 3.05) is 44.6 Å². The summed E-state index contributed by atoms with van der Waals surface area (Å²) in [6.45, 7) is 4.80. The molecule has 1 unspecified atom stereocenters. The van der Waals surface area contributed by atoms with Crippen molar-refractivity contribution in [3.05, 3.63) is 53.5 Å². The molecule has 192 valence electrons. The number of rotatable bonds is 9. The van der Waals surface area contributed by atoms with E-state index in [1.54, 1.807) is 11.1 Å². The molecule has 0 spiro atoms. The molecule has 2 aromatic heterocycles. The van der Waals surface area contributed by atoms with Gasteiger partial charge in [0.05, 0.1) is 0 Å². The number of pyridine rings is 2. The number of anilines is 1. The summed E-state index contributed by atoms with van der Waals surface area (Å²) in [4.78, 5) is 37.7. The van der Waals surface area contributed by atoms with Gasteiger partial charge in [-0.3, -0.25) is 4.98 Å². The molecule has 9 nitrogen and oxygen atoms in total. The van der Waals surface area contributed by atoms with Gasteiger partial charge in [0.2, 0.25) is 0 Å². The highest BCUT2D eigenvalue weighted by atomic mass is 16.4. The first-order valence-electron chi connectivity index (χ1n) is 13.2. The highest BCUT2D eigenvalue weighted by Gasteiger charge is 2.32. The third kappa shape index (κ3) is 5.95. The van der Waals surface area contributed by atoms with Gasteiger partial charge in [-0.25, -0.2) is 14.6 Å². The van der Waals surface area contributed by atoms with Crippen LogP contribution in [-0.2, 0) is 17.6 Å². The highest BCUT2D eigenvalue weighted by Crippen LogP contribution is 2.26. The zero-order valence-corrected chi connectivity index (χ0v) is 20.7. The molecule has 0 saturated carbocycles. The Morgan fingerprint density at radius 3 is 2.89 bits per heavy atom. The average Bonchev–Trinajstić information content (AvgIpc) is 3.37. The van der Waals surface area contributed by atoms with Crippen LogP contribution in [0.25, 0.3) is 0 Å². The van der Waals surface area contributed by atoms with E-state index < -0.39 is 12.0 Å². The van der Waals surface area contributed by atoms with Gasteiger partial charge in [0, 0.05) is 62.8 Å². The molecule has 2 atom stereocenters. The van der Waals surface area contributed by atoms with Crippen molar-refractivity contribution in [3.63, 3.8) is 0 Å². The highest BCUT2D eigenvalue weighted by molar-refractivity contribution is 5.82. The Bertz CT molecular complexity index is 1060. The minimum Gasteiger partial charge on any atom is -0.480 e. The van der Waals surface area contributed by atoms with Gasteiger partial charge >= 0.3 is 12.0 Å². The minimum absolute atomic E-state index is 0.200. The van der Waals surface area contributed by atoms with E-state index >= 15 is 0 Å². The molecule has 36 heavy (non-hydrogen) atoms. The van der Waals surface area contributed by atoms with Gasteiger partial charge in [-0.1, -0.05) is 12.1 Å². The maximum atomic E-state index is 12.7. The molecular weight excluding hydrogens is 456 g/mol. The van der Waals surface area contributed by atoms with Crippen molar-refractivity contribution < 1.29 is 14.7 Å². The van der Waals surface area contributed by atoms with Gasteiger partial charge in [0.15, 0.2) is 0 Å². The number of hydrogen-bond acceptors (Lipinski definition) is 6. The Morgan fingerprint density at radius 2 is 2.08 bits per heavy atom. The lowest BCUT2D eigenvalue weighted by Crippen LogP contribution is -2.51. The van der Waals surface area contributed by atoms with Crippen LogP contribution in [0.15, 0.2) is 36.5 Å². The summed E-state index contributed by atoms with van der Waals surface area (Å²) in [6.07, 6.45) is 7.35. The Hall–Kier alpha value is -3.20. The lowest BCUT2D eigenvalue weighted by molar-refractivity contribution is -0.139. The second-order valence-electron chi connectivity index (χ2n) is 10.3. The number of likely N-dealkylation sites (tertiary alicyclic amines) is 2. The van der Waals surface area contributed by atoms with Gasteiger partial charge in [-0.15, -0.1) is 0 Å². The van der Waals surface area contributed by atoms with E-state index in [9.17, 15) is 14.7 Å². The Morgan fingerprint density at radius 1 is 1.19 bits per heavy atom. The van der Waals surface area contributed by atoms with Gasteiger partial charge < -0.3 is 25.5 Å². The number of aliphatic carboxylic acids is 1. The topological polar surface area (TPSA) is 111 Å². The van der Waals surface area contributed by atoms with E-state index in [-0.39, 0.29) is 11.9 Å². The molecule has 5 heterocycles. The maximum absolute atomic E-state index is 12.7. The Labute approximate surface area is 212 Å². The predicted octanol–water partition coefficient (Wildman–Crippen LogP) is 2.74. The molecule has 3 N–H and O–H groups in total. The van der Waals surface area contributed by atoms with Crippen molar-refractivity contribution >= 4 is 17.8 Å². The van der Waals surface area contributed by atoms with Crippen molar-refractivity contribution in [1.29, 1.82) is 0 Å². The average molecular weight is 493 g/mol. The van der Waals surface area contributed by atoms with Crippen LogP contribution in [0.3, 0.4) is 0 Å². The Kier molecular flexibility index (Phi) is 7.65. The summed E-state index contributed by atoms with van der Waals surface area (Å²) >= 11 is 0. The van der Waals surface area contributed by atoms with E-state index in [1.165, 1.54) is 12.0 Å². The minimum atomic E-state index is -0.979. The molecule has 5 rings (SSSR count). The summed E-state index contributed by atoms with van der Waals surface area (Å²) in [5.41, 5.74) is 3.44. The second-order valence-corrected chi connectivity index (χ2v) is 10.3. The molecule has 2 fully saturated rings. The standard InChI is InChI=1S/C27H36N6O3/c34-26(35)24(31-27(36)33-15-10-21(18-33)23-5-1-2-12-28-23)11-14-32-16-19(17-32)6-8-22-9-7-20-4-3-13-29-25(20)30-22/h1-2,5,7,9,12,19,21,24H,3-4,6,8,10-11,13-18H2,(H,29,30)(H,31,36)(H,34,35)/t21?,24-/m0/s1. The number of nitrogens with zero attached hydrogens (tertiary/aromatic N) is 4. The summed E-state index contributed by atoms with van der Waals surface area (Å²) < 4.78 is 0. The number of carbonyl (C=O) groups is 2. The van der Waals surface area contributed by atoms with E-state index in [0.29, 0.717) is 32.0 Å². The number of aromatic nitrogens is 2. The van der Waals surface area contributed by atoms with Crippen LogP contribution in [0.5, 0.6) is 0 Å². The predicted molar refractivity (Wildman–Crippen MR) is 137 cm³/mol. The summed E-state index contributed by atoms with van der Waals surface area (Å²) in [6, 6.07) is 9.00. The van der Waals surface area contributed by atoms with E-state index in [4.69, 9.17) is 4.98 Å². The molecule has 3 aliphatic rings. The van der Waals surface area contributed by atoms with Crippen LogP contribution in [-0.4, -0.2) is 82.2 Å². The van der Waals surface area contributed by atoms with Crippen LogP contribution in [0.2, 0.25) is 0 Å². The number of hydrogen-bond donors (Lipinski definition) is 3. The monoisotopic (exact) mass is 492 g/mol. The SMILES string of the molecule is O=C(O)[C@H](CCN1CC(CCc2ccc3c(n2)NCCC3)C1)NC(=O)N1CCC(c2ccccn2)C1. The zero-order chi connectivity index (χ0) is 24.9. The van der Waals surface area contributed by atoms with Crippen LogP contribution in [0, 0.1) is 5.92 Å². The quantitative estimate of drug-likeness (QED) is 0.494. The first kappa shape index (κ1) is 24.5. The number of carboxylic acids is 1. The third-order valence-corrected chi connectivity index (χ3v) is 7.70. The van der Waals surface area contributed by atoms with Gasteiger partial charge in [-0.05, 0) is 68.2 Å². The van der Waals surface area contributed by atoms with E-state index in [2.05, 4.69) is 32.7 Å². The van der Waals surface area contributed by atoms with E-state index in [0.717, 1.165) is 62.5 Å². The van der Waals surface area contributed by atoms with Crippen LogP contribution < -0.4 is 10.6 Å². The molecule has 2 saturated heterocycles. The molecule has 9 heteroatoms. The first-order valence-corrected chi connectivity index (χ1v) is 13.2. The first-order chi connectivity index (χ1) is 17.5. The summed E-state index contributed by atoms with van der Waals surface area (Å²) in [5.74, 6) is 0.887. The molecule has 0 aromatic carbocycles. The number of amides is 2. The normalized spacial score (nSPS) is 20.8. The maximum Gasteiger partial charge on any atom is 0.326 e. The van der Waals surface area contributed by atoms with Gasteiger partial charge in [0.1, 0.15) is 11.9 Å². The van der Waals surface area contributed by atoms with E-state index in [1.807, 2.05) is 18.2 Å². The third-order valence-electron chi connectivity index (χ3n) is 7.70. The number of aryl methyl sites for hydroxylation is 2. The number of carbonyl (C=O) groups excluding carboxylic acids is 1.